The predicted molar refractivity (Wildman–Crippen MR) is 279 cm³/mol. The molecule has 0 spiro atoms. The number of amides is 7. The third kappa shape index (κ3) is 15.2. The van der Waals surface area contributed by atoms with Crippen LogP contribution in [0.4, 0.5) is 50.4 Å². The van der Waals surface area contributed by atoms with Crippen LogP contribution in [0.25, 0.3) is 0 Å². The molecule has 1 aliphatic carbocycles. The minimum Gasteiger partial charge on any atom is -0.481 e. The molecule has 27 nitrogen and oxygen atoms in total. The summed E-state index contributed by atoms with van der Waals surface area (Å²) >= 11 is 0. The van der Waals surface area contributed by atoms with E-state index in [1.54, 1.807) is 9.44 Å². The van der Waals surface area contributed by atoms with Crippen molar-refractivity contribution in [3.63, 3.8) is 0 Å². The van der Waals surface area contributed by atoms with Crippen LogP contribution in [0.2, 0.25) is 0 Å². The van der Waals surface area contributed by atoms with Gasteiger partial charge in [0.1, 0.15) is 16.5 Å². The molecule has 0 bridgehead atoms. The second-order valence-electron chi connectivity index (χ2n) is 16.9. The number of hydrogen-bond donors (Lipinski definition) is 4. The molecule has 0 saturated heterocycles. The number of carbonyl (C=O) groups excluding carboxylic acids is 5. The Labute approximate surface area is 465 Å². The molecule has 0 fully saturated rings. The number of nitrogens with zero attached hydrogens (tertiary/aromatic N) is 8. The molecule has 8 rings (SSSR count). The van der Waals surface area contributed by atoms with Gasteiger partial charge in [0.15, 0.2) is 27.3 Å². The molecule has 4 N–H and O–H groups in total. The molecular formula is C48H48F4N12O15S3. The molecule has 0 radical (unpaired) electrons. The maximum absolute atomic E-state index is 14.7. The molecule has 0 saturated carbocycles. The zero-order valence-corrected chi connectivity index (χ0v) is 46.1. The van der Waals surface area contributed by atoms with Crippen LogP contribution in [0, 0.1) is 25.1 Å². The van der Waals surface area contributed by atoms with Gasteiger partial charge in [-0.25, -0.2) is 50.1 Å². The molecule has 3 aromatic heterocycles. The normalized spacial score (nSPS) is 14.1. The van der Waals surface area contributed by atoms with Crippen molar-refractivity contribution in [2.45, 2.75) is 73.4 Å². The number of aromatic nitrogens is 6. The van der Waals surface area contributed by atoms with Crippen LogP contribution < -0.4 is 48.8 Å². The lowest BCUT2D eigenvalue weighted by Crippen LogP contribution is -2.39. The molecule has 3 aliphatic rings. The summed E-state index contributed by atoms with van der Waals surface area (Å²) in [6.45, 7) is 2.59. The number of carbonyl (C=O) groups is 5. The topological polar surface area (TPSA) is 357 Å². The van der Waals surface area contributed by atoms with Crippen LogP contribution in [0.15, 0.2) is 86.8 Å². The zero-order valence-electron chi connectivity index (χ0n) is 43.7. The Hall–Kier alpha value is -9.10. The Morgan fingerprint density at radius 3 is 1.93 bits per heavy atom. The third-order valence-electron chi connectivity index (χ3n) is 11.4. The first-order valence-corrected chi connectivity index (χ1v) is 28.3. The summed E-state index contributed by atoms with van der Waals surface area (Å²) in [4.78, 5) is 85.3. The second-order valence-corrected chi connectivity index (χ2v) is 22.4. The first-order chi connectivity index (χ1) is 38.6. The highest BCUT2D eigenvalue weighted by molar-refractivity contribution is 7.93. The summed E-state index contributed by atoms with van der Waals surface area (Å²) in [7, 11) is -8.99. The van der Waals surface area contributed by atoms with Gasteiger partial charge in [-0.05, 0) is 68.9 Å². The fourth-order valence-corrected chi connectivity index (χ4v) is 11.4. The van der Waals surface area contributed by atoms with E-state index in [1.807, 2.05) is 0 Å². The number of terminal acetylenes is 1. The minimum atomic E-state index is -4.61. The Balaban J connectivity index is 0.000000198. The number of alkyl halides is 3. The fraction of sp³-hybridized carbons (Fsp3) is 0.312. The van der Waals surface area contributed by atoms with Crippen molar-refractivity contribution >= 4 is 82.9 Å². The van der Waals surface area contributed by atoms with Gasteiger partial charge in [-0.15, -0.1) is 6.42 Å². The molecule has 7 amide bonds. The SMILES string of the molecule is C#CCN1C(=O)COc2cc(F)c(N3C(=O)C4=C(CCCC4)C3=O)cc21.CCS(=O)(=O)c1cccnc1S(=O)(=O)NC(=O)Nc1nc(OC)cc(OC)n1.COc1nc(C)nc(NC(=O)NS(=O)(=O)c2ccccc2CCC(F)(F)F)n1. The van der Waals surface area contributed by atoms with E-state index in [-0.39, 0.29) is 83.0 Å². The number of aryl methyl sites for hydroxylation is 2. The van der Waals surface area contributed by atoms with Gasteiger partial charge in [-0.1, -0.05) is 31.0 Å². The Kier molecular flexibility index (Phi) is 19.7. The van der Waals surface area contributed by atoms with Gasteiger partial charge in [0.25, 0.3) is 37.8 Å². The van der Waals surface area contributed by atoms with E-state index < -0.39 is 93.4 Å². The van der Waals surface area contributed by atoms with Crippen molar-refractivity contribution in [3.05, 3.63) is 89.1 Å². The number of pyridine rings is 1. The number of halogens is 4. The monoisotopic (exact) mass is 1200 g/mol. The first-order valence-electron chi connectivity index (χ1n) is 23.7. The summed E-state index contributed by atoms with van der Waals surface area (Å²) in [5.41, 5.74) is 0.921. The maximum Gasteiger partial charge on any atom is 0.389 e. The lowest BCUT2D eigenvalue weighted by Gasteiger charge is -2.29. The molecule has 0 atom stereocenters. The fourth-order valence-electron chi connectivity index (χ4n) is 7.70. The number of hydrogen-bond acceptors (Lipinski definition) is 21. The van der Waals surface area contributed by atoms with Gasteiger partial charge in [0, 0.05) is 29.8 Å². The van der Waals surface area contributed by atoms with E-state index in [0.717, 1.165) is 42.1 Å². The molecule has 2 aliphatic heterocycles. The van der Waals surface area contributed by atoms with E-state index in [2.05, 4.69) is 46.5 Å². The molecule has 2 aromatic carbocycles. The number of imide groups is 1. The molecule has 82 heavy (non-hydrogen) atoms. The van der Waals surface area contributed by atoms with Crippen molar-refractivity contribution in [1.29, 1.82) is 0 Å². The molecular weight excluding hydrogens is 1160 g/mol. The number of rotatable bonds is 15. The average Bonchev–Trinajstić information content (AvgIpc) is 3.47. The number of benzene rings is 2. The van der Waals surface area contributed by atoms with Gasteiger partial charge in [0.2, 0.25) is 23.7 Å². The Bertz CT molecular complexity index is 3700. The van der Waals surface area contributed by atoms with Crippen molar-refractivity contribution in [2.24, 2.45) is 0 Å². The van der Waals surface area contributed by atoms with Crippen LogP contribution in [0.3, 0.4) is 0 Å². The lowest BCUT2D eigenvalue weighted by atomic mass is 9.93. The quantitative estimate of drug-likeness (QED) is 0.0644. The predicted octanol–water partition coefficient (Wildman–Crippen LogP) is 4.31. The van der Waals surface area contributed by atoms with E-state index >= 15 is 0 Å². The number of fused-ring (bicyclic) bond motifs is 1. The van der Waals surface area contributed by atoms with Crippen molar-refractivity contribution in [3.8, 4) is 35.9 Å². The number of sulfone groups is 1. The van der Waals surface area contributed by atoms with Crippen LogP contribution in [-0.4, -0.2) is 131 Å². The summed E-state index contributed by atoms with van der Waals surface area (Å²) in [6.07, 6.45) is 2.91. The van der Waals surface area contributed by atoms with Gasteiger partial charge >= 0.3 is 24.2 Å². The smallest absolute Gasteiger partial charge is 0.389 e. The Morgan fingerprint density at radius 1 is 0.768 bits per heavy atom. The van der Waals surface area contributed by atoms with E-state index in [9.17, 15) is 66.8 Å². The van der Waals surface area contributed by atoms with E-state index in [4.69, 9.17) is 25.4 Å². The number of ether oxygens (including phenoxy) is 4. The lowest BCUT2D eigenvalue weighted by molar-refractivity contribution is -0.134. The zero-order chi connectivity index (χ0) is 60.3. The van der Waals surface area contributed by atoms with Crippen LogP contribution >= 0.6 is 0 Å². The largest absolute Gasteiger partial charge is 0.481 e. The van der Waals surface area contributed by atoms with Gasteiger partial charge < -0.3 is 18.9 Å². The highest BCUT2D eigenvalue weighted by Gasteiger charge is 2.42. The summed E-state index contributed by atoms with van der Waals surface area (Å²) in [5, 5.41) is 3.41. The van der Waals surface area contributed by atoms with E-state index in [0.29, 0.717) is 24.0 Å². The molecule has 34 heteroatoms. The molecule has 5 heterocycles. The average molecular weight is 1210 g/mol. The first kappa shape index (κ1) is 62.1. The Morgan fingerprint density at radius 2 is 1.35 bits per heavy atom. The highest BCUT2D eigenvalue weighted by Crippen LogP contribution is 2.42. The number of anilines is 4. The molecule has 0 unspecified atom stereocenters. The van der Waals surface area contributed by atoms with Crippen LogP contribution in [-0.2, 0) is 50.7 Å². The number of sulfonamides is 2. The number of nitrogens with one attached hydrogen (secondary N) is 4. The maximum atomic E-state index is 14.7. The number of methoxy groups -OCH3 is 3. The van der Waals surface area contributed by atoms with Crippen molar-refractivity contribution in [1.82, 2.24) is 39.3 Å². The highest BCUT2D eigenvalue weighted by atomic mass is 32.2. The van der Waals surface area contributed by atoms with Gasteiger partial charge in [0.05, 0.1) is 56.0 Å². The minimum absolute atomic E-state index is 0.0170. The van der Waals surface area contributed by atoms with Gasteiger partial charge in [-0.3, -0.25) is 29.9 Å². The van der Waals surface area contributed by atoms with Crippen molar-refractivity contribution < 1.29 is 85.7 Å². The number of urea groups is 2. The third-order valence-corrected chi connectivity index (χ3v) is 16.0. The van der Waals surface area contributed by atoms with Crippen LogP contribution in [0.5, 0.6) is 23.5 Å². The molecule has 436 valence electrons. The summed E-state index contributed by atoms with van der Waals surface area (Å²) in [6, 6.07) is 8.65. The standard InChI is InChI=1S/C19H15FN2O4.C15H16F3N5O4S.C14H17N5O7S2/c1-2-7-21-15-9-14(13(20)8-16(15)26-10-17(21)23)22-18(24)11-5-3-4-6-12(11)19(22)25;1-9-19-12(22-14(20-9)27-2)21-13(24)23-28(25,26)11-6-4-3-5-10(11)7-8-15(16,17)18;1-4-27(21,22)9-6-5-7-15-12(9)28(23,24)19-14(20)18-13-16-10(25-2)8-11(17-13)26-3/h1,8-9H,3-7,10H2;3-6H,7-8H2,1-2H3,(H2,19,20,21,22,23,24);5-8H,4H2,1-3H3,(H2,16,17,18,19,20). The second kappa shape index (κ2) is 26.0. The summed E-state index contributed by atoms with van der Waals surface area (Å²) < 4.78 is 149. The summed E-state index contributed by atoms with van der Waals surface area (Å²) in [5.74, 6) is -0.165. The van der Waals surface area contributed by atoms with Crippen LogP contribution in [0.1, 0.15) is 50.4 Å². The molecule has 5 aromatic rings. The van der Waals surface area contributed by atoms with E-state index in [1.165, 1.54) is 76.5 Å². The van der Waals surface area contributed by atoms with Crippen molar-refractivity contribution in [2.75, 3.05) is 60.7 Å². The van der Waals surface area contributed by atoms with Gasteiger partial charge in [-0.2, -0.15) is 46.5 Å².